The molecule has 3 heterocycles. The lowest BCUT2D eigenvalue weighted by Crippen LogP contribution is -2.39. The van der Waals surface area contributed by atoms with E-state index < -0.39 is 0 Å². The molecule has 1 saturated heterocycles. The van der Waals surface area contributed by atoms with E-state index in [0.717, 1.165) is 36.8 Å². The van der Waals surface area contributed by atoms with E-state index in [4.69, 9.17) is 10.5 Å². The summed E-state index contributed by atoms with van der Waals surface area (Å²) in [6.45, 7) is 7.06. The van der Waals surface area contributed by atoms with Crippen molar-refractivity contribution in [2.45, 2.75) is 26.4 Å². The lowest BCUT2D eigenvalue weighted by Gasteiger charge is -2.35. The first-order valence-corrected chi connectivity index (χ1v) is 7.06. The molecule has 112 valence electrons. The third-order valence-corrected chi connectivity index (χ3v) is 3.86. The van der Waals surface area contributed by atoms with Gasteiger partial charge in [0.25, 0.3) is 0 Å². The van der Waals surface area contributed by atoms with Gasteiger partial charge in [0.1, 0.15) is 5.82 Å². The van der Waals surface area contributed by atoms with E-state index in [-0.39, 0.29) is 6.04 Å². The molecule has 3 N–H and O–H groups in total. The molecule has 0 bridgehead atoms. The van der Waals surface area contributed by atoms with Gasteiger partial charge in [-0.25, -0.2) is 0 Å². The Morgan fingerprint density at radius 1 is 1.38 bits per heavy atom. The Morgan fingerprint density at radius 2 is 2.24 bits per heavy atom. The van der Waals surface area contributed by atoms with E-state index in [2.05, 4.69) is 25.3 Å². The summed E-state index contributed by atoms with van der Waals surface area (Å²) in [7, 11) is 0. The van der Waals surface area contributed by atoms with E-state index in [9.17, 15) is 0 Å². The number of nitrogens with two attached hydrogens (primary N) is 1. The topological polar surface area (TPSA) is 93.0 Å². The number of hydrogen-bond donors (Lipinski definition) is 2. The summed E-state index contributed by atoms with van der Waals surface area (Å²) in [4.78, 5) is 2.36. The number of nitrogens with zero attached hydrogens (tertiary/aromatic N) is 4. The van der Waals surface area contributed by atoms with Crippen molar-refractivity contribution in [3.8, 4) is 0 Å². The monoisotopic (exact) mass is 288 g/mol. The normalized spacial score (nSPS) is 19.8. The van der Waals surface area contributed by atoms with Crippen molar-refractivity contribution in [2.24, 2.45) is 0 Å². The van der Waals surface area contributed by atoms with Crippen LogP contribution in [0.4, 0.5) is 5.82 Å². The van der Waals surface area contributed by atoms with Crippen LogP contribution in [0.5, 0.6) is 0 Å². The van der Waals surface area contributed by atoms with Crippen LogP contribution in [0, 0.1) is 13.8 Å². The largest absolute Gasteiger partial charge is 0.382 e. The third kappa shape index (κ3) is 2.88. The Morgan fingerprint density at radius 3 is 2.90 bits per heavy atom. The molecular weight excluding hydrogens is 268 g/mol. The number of aryl methyl sites for hydroxylation is 2. The maximum atomic E-state index is 5.66. The fourth-order valence-corrected chi connectivity index (χ4v) is 2.81. The molecule has 1 unspecified atom stereocenters. The van der Waals surface area contributed by atoms with Crippen molar-refractivity contribution in [2.75, 3.05) is 25.5 Å². The zero-order valence-electron chi connectivity index (χ0n) is 12.3. The van der Waals surface area contributed by atoms with Crippen LogP contribution in [-0.2, 0) is 11.3 Å². The molecule has 0 amide bonds. The van der Waals surface area contributed by atoms with Gasteiger partial charge in [-0.3, -0.25) is 10.00 Å². The molecule has 0 saturated carbocycles. The fraction of sp³-hybridized carbons (Fsp3) is 0.500. The minimum absolute atomic E-state index is 0.192. The molecule has 2 aromatic rings. The van der Waals surface area contributed by atoms with Gasteiger partial charge in [0.15, 0.2) is 0 Å². The summed E-state index contributed by atoms with van der Waals surface area (Å²) in [6.07, 6.45) is 0. The molecule has 1 aliphatic heterocycles. The SMILES string of the molecule is Cc1n[nH]c(C)c1C1COCCN1Cc1ccc(N)nn1. The van der Waals surface area contributed by atoms with Crippen LogP contribution in [-0.4, -0.2) is 45.1 Å². The summed E-state index contributed by atoms with van der Waals surface area (Å²) < 4.78 is 5.66. The molecule has 0 aromatic carbocycles. The van der Waals surface area contributed by atoms with Crippen molar-refractivity contribution in [1.29, 1.82) is 0 Å². The lowest BCUT2D eigenvalue weighted by atomic mass is 10.0. The Bertz CT molecular complexity index is 589. The molecule has 3 rings (SSSR count). The number of nitrogen functional groups attached to an aromatic ring is 1. The number of hydrogen-bond acceptors (Lipinski definition) is 6. The van der Waals surface area contributed by atoms with E-state index in [0.29, 0.717) is 12.4 Å². The van der Waals surface area contributed by atoms with Crippen molar-refractivity contribution in [3.63, 3.8) is 0 Å². The van der Waals surface area contributed by atoms with Gasteiger partial charge >= 0.3 is 0 Å². The van der Waals surface area contributed by atoms with Crippen LogP contribution >= 0.6 is 0 Å². The fourth-order valence-electron chi connectivity index (χ4n) is 2.81. The van der Waals surface area contributed by atoms with Crippen LogP contribution in [0.3, 0.4) is 0 Å². The average Bonchev–Trinajstić information content (AvgIpc) is 2.81. The lowest BCUT2D eigenvalue weighted by molar-refractivity contribution is -0.0138. The Hall–Kier alpha value is -1.99. The number of rotatable bonds is 3. The van der Waals surface area contributed by atoms with Gasteiger partial charge in [-0.1, -0.05) is 0 Å². The molecule has 2 aromatic heterocycles. The van der Waals surface area contributed by atoms with Crippen molar-refractivity contribution < 1.29 is 4.74 Å². The molecule has 0 radical (unpaired) electrons. The minimum atomic E-state index is 0.192. The standard InChI is InChI=1S/C14H20N6O/c1-9-14(10(2)17-16-9)12-8-21-6-5-20(12)7-11-3-4-13(15)19-18-11/h3-4,12H,5-8H2,1-2H3,(H2,15,19)(H,16,17). The van der Waals surface area contributed by atoms with Gasteiger partial charge in [0.05, 0.1) is 30.6 Å². The Kier molecular flexibility index (Phi) is 3.85. The summed E-state index contributed by atoms with van der Waals surface area (Å²) in [6, 6.07) is 3.90. The highest BCUT2D eigenvalue weighted by Crippen LogP contribution is 2.29. The van der Waals surface area contributed by atoms with Gasteiger partial charge in [-0.05, 0) is 26.0 Å². The van der Waals surface area contributed by atoms with Gasteiger partial charge < -0.3 is 10.5 Å². The molecule has 0 spiro atoms. The second-order valence-corrected chi connectivity index (χ2v) is 5.36. The molecule has 7 heteroatoms. The third-order valence-electron chi connectivity index (χ3n) is 3.86. The molecule has 7 nitrogen and oxygen atoms in total. The van der Waals surface area contributed by atoms with E-state index >= 15 is 0 Å². The van der Waals surface area contributed by atoms with Crippen molar-refractivity contribution >= 4 is 5.82 Å². The van der Waals surface area contributed by atoms with E-state index in [1.54, 1.807) is 6.07 Å². The van der Waals surface area contributed by atoms with Crippen LogP contribution in [0.2, 0.25) is 0 Å². The first-order valence-electron chi connectivity index (χ1n) is 7.06. The summed E-state index contributed by atoms with van der Waals surface area (Å²) >= 11 is 0. The first kappa shape index (κ1) is 14.0. The zero-order chi connectivity index (χ0) is 14.8. The van der Waals surface area contributed by atoms with Crippen molar-refractivity contribution in [3.05, 3.63) is 34.8 Å². The number of anilines is 1. The highest BCUT2D eigenvalue weighted by molar-refractivity contribution is 5.28. The number of aromatic amines is 1. The van der Waals surface area contributed by atoms with Crippen LogP contribution < -0.4 is 5.73 Å². The maximum Gasteiger partial charge on any atom is 0.146 e. The van der Waals surface area contributed by atoms with E-state index in [1.165, 1.54) is 5.56 Å². The summed E-state index contributed by atoms with van der Waals surface area (Å²) in [5, 5.41) is 15.4. The van der Waals surface area contributed by atoms with Crippen LogP contribution in [0.25, 0.3) is 0 Å². The molecule has 1 atom stereocenters. The van der Waals surface area contributed by atoms with Gasteiger partial charge in [0, 0.05) is 24.3 Å². The molecular formula is C14H20N6O. The Balaban J connectivity index is 1.83. The Labute approximate surface area is 123 Å². The van der Waals surface area contributed by atoms with Gasteiger partial charge in [0.2, 0.25) is 0 Å². The van der Waals surface area contributed by atoms with E-state index in [1.807, 2.05) is 19.9 Å². The predicted molar refractivity (Wildman–Crippen MR) is 78.5 cm³/mol. The second kappa shape index (κ2) is 5.79. The maximum absolute atomic E-state index is 5.66. The molecule has 0 aliphatic carbocycles. The molecule has 1 aliphatic rings. The predicted octanol–water partition coefficient (Wildman–Crippen LogP) is 0.972. The number of ether oxygens (including phenoxy) is 1. The first-order chi connectivity index (χ1) is 10.1. The molecule has 1 fully saturated rings. The second-order valence-electron chi connectivity index (χ2n) is 5.36. The van der Waals surface area contributed by atoms with Gasteiger partial charge in [-0.15, -0.1) is 5.10 Å². The zero-order valence-corrected chi connectivity index (χ0v) is 12.3. The highest BCUT2D eigenvalue weighted by Gasteiger charge is 2.28. The molecule has 21 heavy (non-hydrogen) atoms. The van der Waals surface area contributed by atoms with Crippen molar-refractivity contribution in [1.82, 2.24) is 25.3 Å². The number of nitrogens with one attached hydrogen (secondary N) is 1. The number of H-pyrrole nitrogens is 1. The van der Waals surface area contributed by atoms with Gasteiger partial charge in [-0.2, -0.15) is 10.2 Å². The smallest absolute Gasteiger partial charge is 0.146 e. The summed E-state index contributed by atoms with van der Waals surface area (Å²) in [5.41, 5.74) is 9.84. The van der Waals surface area contributed by atoms with Crippen LogP contribution in [0.1, 0.15) is 28.7 Å². The minimum Gasteiger partial charge on any atom is -0.382 e. The quantitative estimate of drug-likeness (QED) is 0.874. The summed E-state index contributed by atoms with van der Waals surface area (Å²) in [5.74, 6) is 0.443. The van der Waals surface area contributed by atoms with Crippen LogP contribution in [0.15, 0.2) is 12.1 Å². The number of morpholine rings is 1. The highest BCUT2D eigenvalue weighted by atomic mass is 16.5. The average molecular weight is 288 g/mol. The number of aromatic nitrogens is 4.